The van der Waals surface area contributed by atoms with E-state index in [9.17, 15) is 9.18 Å². The van der Waals surface area contributed by atoms with E-state index in [1.54, 1.807) is 17.0 Å². The van der Waals surface area contributed by atoms with Crippen LogP contribution in [0.15, 0.2) is 29.2 Å². The molecule has 0 spiro atoms. The van der Waals surface area contributed by atoms with E-state index in [0.717, 1.165) is 4.90 Å². The zero-order chi connectivity index (χ0) is 15.2. The maximum Gasteiger partial charge on any atom is 0.223 e. The van der Waals surface area contributed by atoms with E-state index in [0.29, 0.717) is 25.3 Å². The van der Waals surface area contributed by atoms with Gasteiger partial charge in [0.2, 0.25) is 5.91 Å². The molecule has 2 unspecified atom stereocenters. The molecule has 0 radical (unpaired) electrons. The summed E-state index contributed by atoms with van der Waals surface area (Å²) in [5.74, 6) is 0.463. The van der Waals surface area contributed by atoms with Gasteiger partial charge in [-0.3, -0.25) is 4.79 Å². The summed E-state index contributed by atoms with van der Waals surface area (Å²) in [6.45, 7) is 2.78. The van der Waals surface area contributed by atoms with Crippen molar-refractivity contribution >= 4 is 17.7 Å². The minimum Gasteiger partial charge on any atom is -0.394 e. The van der Waals surface area contributed by atoms with Crippen LogP contribution in [-0.4, -0.2) is 53.6 Å². The molecule has 21 heavy (non-hydrogen) atoms. The van der Waals surface area contributed by atoms with Gasteiger partial charge < -0.3 is 14.7 Å². The number of benzene rings is 1. The third-order valence-electron chi connectivity index (χ3n) is 3.43. The van der Waals surface area contributed by atoms with Gasteiger partial charge in [0.05, 0.1) is 25.4 Å². The van der Waals surface area contributed by atoms with Crippen molar-refractivity contribution in [3.05, 3.63) is 30.1 Å². The molecule has 1 aromatic rings. The fraction of sp³-hybridized carbons (Fsp3) is 0.533. The third kappa shape index (κ3) is 4.69. The van der Waals surface area contributed by atoms with E-state index in [2.05, 4.69) is 0 Å². The lowest BCUT2D eigenvalue weighted by Gasteiger charge is -2.37. The lowest BCUT2D eigenvalue weighted by atomic mass is 10.2. The smallest absolute Gasteiger partial charge is 0.223 e. The number of ether oxygens (including phenoxy) is 1. The average molecular weight is 313 g/mol. The Hall–Kier alpha value is -1.11. The second-order valence-electron chi connectivity index (χ2n) is 5.09. The van der Waals surface area contributed by atoms with Crippen molar-refractivity contribution in [1.82, 2.24) is 4.90 Å². The van der Waals surface area contributed by atoms with Gasteiger partial charge in [0.15, 0.2) is 0 Å². The van der Waals surface area contributed by atoms with Crippen molar-refractivity contribution in [2.45, 2.75) is 30.4 Å². The molecule has 1 fully saturated rings. The minimum absolute atomic E-state index is 0.0381. The van der Waals surface area contributed by atoms with Crippen LogP contribution >= 0.6 is 11.8 Å². The van der Waals surface area contributed by atoms with E-state index in [1.165, 1.54) is 23.9 Å². The summed E-state index contributed by atoms with van der Waals surface area (Å²) < 4.78 is 18.2. The predicted octanol–water partition coefficient (Wildman–Crippen LogP) is 1.92. The highest BCUT2D eigenvalue weighted by molar-refractivity contribution is 7.99. The number of aliphatic hydroxyl groups excluding tert-OH is 1. The molecule has 0 bridgehead atoms. The van der Waals surface area contributed by atoms with E-state index in [4.69, 9.17) is 9.84 Å². The van der Waals surface area contributed by atoms with Crippen molar-refractivity contribution in [3.8, 4) is 0 Å². The first kappa shape index (κ1) is 16.3. The van der Waals surface area contributed by atoms with Crippen LogP contribution in [0.1, 0.15) is 13.3 Å². The zero-order valence-electron chi connectivity index (χ0n) is 12.0. The Labute approximate surface area is 128 Å². The number of nitrogens with zero attached hydrogens (tertiary/aromatic N) is 1. The molecule has 1 aromatic carbocycles. The number of thioether (sulfide) groups is 1. The molecule has 2 rings (SSSR count). The molecular formula is C15H20FNO3S. The van der Waals surface area contributed by atoms with Crippen molar-refractivity contribution in [2.75, 3.05) is 25.5 Å². The number of hydrogen-bond acceptors (Lipinski definition) is 4. The molecule has 4 nitrogen and oxygen atoms in total. The van der Waals surface area contributed by atoms with Crippen molar-refractivity contribution in [3.63, 3.8) is 0 Å². The van der Waals surface area contributed by atoms with Gasteiger partial charge in [-0.15, -0.1) is 11.8 Å². The number of halogens is 1. The van der Waals surface area contributed by atoms with Crippen LogP contribution in [0, 0.1) is 5.82 Å². The van der Waals surface area contributed by atoms with Gasteiger partial charge in [-0.2, -0.15) is 0 Å². The molecule has 6 heteroatoms. The van der Waals surface area contributed by atoms with Crippen molar-refractivity contribution < 1.29 is 19.0 Å². The lowest BCUT2D eigenvalue weighted by Crippen LogP contribution is -2.52. The number of carbonyl (C=O) groups excluding carboxylic acids is 1. The molecule has 1 aliphatic heterocycles. The second-order valence-corrected chi connectivity index (χ2v) is 6.25. The summed E-state index contributed by atoms with van der Waals surface area (Å²) in [7, 11) is 0. The highest BCUT2D eigenvalue weighted by Crippen LogP contribution is 2.20. The summed E-state index contributed by atoms with van der Waals surface area (Å²) in [4.78, 5) is 15.0. The van der Waals surface area contributed by atoms with Crippen molar-refractivity contribution in [2.24, 2.45) is 0 Å². The third-order valence-corrected chi connectivity index (χ3v) is 4.44. The maximum atomic E-state index is 12.8. The number of morpholine rings is 1. The molecule has 0 aromatic heterocycles. The van der Waals surface area contributed by atoms with Crippen LogP contribution in [-0.2, 0) is 9.53 Å². The monoisotopic (exact) mass is 313 g/mol. The Balaban J connectivity index is 1.79. The highest BCUT2D eigenvalue weighted by Gasteiger charge is 2.28. The normalized spacial score (nSPS) is 22.3. The molecule has 2 atom stereocenters. The van der Waals surface area contributed by atoms with Crippen LogP contribution in [0.3, 0.4) is 0 Å². The number of amides is 1. The van der Waals surface area contributed by atoms with Gasteiger partial charge in [0, 0.05) is 23.6 Å². The van der Waals surface area contributed by atoms with Crippen LogP contribution in [0.4, 0.5) is 4.39 Å². The standard InChI is InChI=1S/C15H20FNO3S/c1-11-10-20-13(9-18)8-17(11)15(19)6-7-21-14-4-2-12(16)3-5-14/h2-5,11,13,18H,6-10H2,1H3. The van der Waals surface area contributed by atoms with Gasteiger partial charge in [-0.1, -0.05) is 0 Å². The molecular weight excluding hydrogens is 293 g/mol. The summed E-state index contributed by atoms with van der Waals surface area (Å²) in [6.07, 6.45) is 0.139. The highest BCUT2D eigenvalue weighted by atomic mass is 32.2. The first-order chi connectivity index (χ1) is 10.1. The minimum atomic E-state index is -0.282. The summed E-state index contributed by atoms with van der Waals surface area (Å²) in [6, 6.07) is 6.30. The summed E-state index contributed by atoms with van der Waals surface area (Å²) >= 11 is 1.53. The van der Waals surface area contributed by atoms with E-state index < -0.39 is 0 Å². The Morgan fingerprint density at radius 3 is 2.86 bits per heavy atom. The zero-order valence-corrected chi connectivity index (χ0v) is 12.8. The molecule has 0 aliphatic carbocycles. The molecule has 0 saturated carbocycles. The summed E-state index contributed by atoms with van der Waals surface area (Å²) in [5, 5.41) is 9.13. The number of hydrogen-bond donors (Lipinski definition) is 1. The topological polar surface area (TPSA) is 49.8 Å². The van der Waals surface area contributed by atoms with Crippen molar-refractivity contribution in [1.29, 1.82) is 0 Å². The number of aliphatic hydroxyl groups is 1. The maximum absolute atomic E-state index is 12.8. The van der Waals surface area contributed by atoms with E-state index in [-0.39, 0.29) is 30.5 Å². The van der Waals surface area contributed by atoms with Gasteiger partial charge in [-0.05, 0) is 31.2 Å². The molecule has 1 heterocycles. The van der Waals surface area contributed by atoms with Gasteiger partial charge in [0.1, 0.15) is 5.82 Å². The first-order valence-corrected chi connectivity index (χ1v) is 7.99. The fourth-order valence-corrected chi connectivity index (χ4v) is 3.05. The quantitative estimate of drug-likeness (QED) is 0.844. The van der Waals surface area contributed by atoms with E-state index in [1.807, 2.05) is 6.92 Å². The molecule has 1 N–H and O–H groups in total. The SMILES string of the molecule is CC1COC(CO)CN1C(=O)CCSc1ccc(F)cc1. The Bertz CT molecular complexity index is 468. The predicted molar refractivity (Wildman–Crippen MR) is 79.7 cm³/mol. The molecule has 1 aliphatic rings. The van der Waals surface area contributed by atoms with Gasteiger partial charge in [0.25, 0.3) is 0 Å². The molecule has 1 saturated heterocycles. The van der Waals surface area contributed by atoms with E-state index >= 15 is 0 Å². The Kier molecular flexibility index (Phi) is 6.02. The fourth-order valence-electron chi connectivity index (χ4n) is 2.21. The molecule has 116 valence electrons. The molecule has 1 amide bonds. The largest absolute Gasteiger partial charge is 0.394 e. The number of carbonyl (C=O) groups is 1. The van der Waals surface area contributed by atoms with Gasteiger partial charge in [-0.25, -0.2) is 4.39 Å². The Morgan fingerprint density at radius 1 is 1.48 bits per heavy atom. The Morgan fingerprint density at radius 2 is 2.19 bits per heavy atom. The van der Waals surface area contributed by atoms with Gasteiger partial charge >= 0.3 is 0 Å². The first-order valence-electron chi connectivity index (χ1n) is 7.00. The van der Waals surface area contributed by atoms with Crippen LogP contribution in [0.5, 0.6) is 0 Å². The summed E-state index contributed by atoms with van der Waals surface area (Å²) in [5.41, 5.74) is 0. The van der Waals surface area contributed by atoms with Crippen LogP contribution < -0.4 is 0 Å². The number of rotatable bonds is 5. The van der Waals surface area contributed by atoms with Crippen LogP contribution in [0.25, 0.3) is 0 Å². The lowest BCUT2D eigenvalue weighted by molar-refractivity contribution is -0.145. The van der Waals surface area contributed by atoms with Crippen LogP contribution in [0.2, 0.25) is 0 Å². The second kappa shape index (κ2) is 7.77. The average Bonchev–Trinajstić information content (AvgIpc) is 2.49.